The molecule has 0 aliphatic heterocycles. The van der Waals surface area contributed by atoms with Gasteiger partial charge in [-0.15, -0.1) is 0 Å². The Kier molecular flexibility index (Phi) is 4.53. The number of nitro groups is 1. The molecule has 0 aliphatic rings. The second-order valence-electron chi connectivity index (χ2n) is 5.42. The molecule has 0 aliphatic carbocycles. The van der Waals surface area contributed by atoms with Crippen LogP contribution >= 0.6 is 22.9 Å². The predicted octanol–water partition coefficient (Wildman–Crippen LogP) is 5.14. The fraction of sp³-hybridized carbons (Fsp3) is 0. The number of fused-ring (bicyclic) bond motifs is 1. The van der Waals surface area contributed by atoms with E-state index in [1.54, 1.807) is 24.3 Å². The van der Waals surface area contributed by atoms with Crippen LogP contribution in [0.2, 0.25) is 5.02 Å². The number of nitrogens with zero attached hydrogens (tertiary/aromatic N) is 4. The standard InChI is InChI=1S/C17H11ClN6O2S/c18-10-4-3-5-11(8-10)21-15-14(24(25)26)16(20-9-19-15)23-17-22-12-6-1-2-7-13(12)27-17/h1-9H,(H2,19,20,21,22,23). The van der Waals surface area contributed by atoms with Crippen molar-refractivity contribution >= 4 is 61.3 Å². The van der Waals surface area contributed by atoms with Gasteiger partial charge in [-0.1, -0.05) is 41.1 Å². The average molecular weight is 399 g/mol. The molecule has 0 saturated heterocycles. The van der Waals surface area contributed by atoms with Crippen molar-refractivity contribution in [2.24, 2.45) is 0 Å². The minimum absolute atomic E-state index is 0.0542. The number of aromatic nitrogens is 3. The van der Waals surface area contributed by atoms with E-state index in [1.807, 2.05) is 24.3 Å². The van der Waals surface area contributed by atoms with Crippen molar-refractivity contribution in [2.45, 2.75) is 0 Å². The molecule has 0 spiro atoms. The number of halogens is 1. The van der Waals surface area contributed by atoms with Crippen LogP contribution < -0.4 is 10.6 Å². The van der Waals surface area contributed by atoms with Crippen molar-refractivity contribution in [3.05, 3.63) is 70.0 Å². The zero-order valence-electron chi connectivity index (χ0n) is 13.6. The van der Waals surface area contributed by atoms with Gasteiger partial charge in [-0.3, -0.25) is 10.1 Å². The van der Waals surface area contributed by atoms with Crippen molar-refractivity contribution in [1.82, 2.24) is 15.0 Å². The van der Waals surface area contributed by atoms with E-state index >= 15 is 0 Å². The lowest BCUT2D eigenvalue weighted by molar-refractivity contribution is -0.383. The summed E-state index contributed by atoms with van der Waals surface area (Å²) in [5.41, 5.74) is 1.10. The molecule has 2 heterocycles. The highest BCUT2D eigenvalue weighted by atomic mass is 35.5. The van der Waals surface area contributed by atoms with Gasteiger partial charge in [-0.25, -0.2) is 15.0 Å². The molecule has 0 atom stereocenters. The third-order valence-corrected chi connectivity index (χ3v) is 4.80. The van der Waals surface area contributed by atoms with Crippen molar-refractivity contribution in [3.63, 3.8) is 0 Å². The monoisotopic (exact) mass is 398 g/mol. The van der Waals surface area contributed by atoms with Crippen molar-refractivity contribution in [3.8, 4) is 0 Å². The molecular formula is C17H11ClN6O2S. The second-order valence-corrected chi connectivity index (χ2v) is 6.89. The fourth-order valence-corrected chi connectivity index (χ4v) is 3.52. The van der Waals surface area contributed by atoms with Crippen molar-refractivity contribution in [1.29, 1.82) is 0 Å². The molecule has 0 amide bonds. The lowest BCUT2D eigenvalue weighted by Gasteiger charge is -2.09. The van der Waals surface area contributed by atoms with Gasteiger partial charge >= 0.3 is 5.69 Å². The number of rotatable bonds is 5. The number of nitrogens with one attached hydrogen (secondary N) is 2. The number of thiazole rings is 1. The van der Waals surface area contributed by atoms with Gasteiger partial charge in [0.2, 0.25) is 11.6 Å². The molecule has 27 heavy (non-hydrogen) atoms. The lowest BCUT2D eigenvalue weighted by Crippen LogP contribution is -2.05. The second kappa shape index (κ2) is 7.14. The van der Waals surface area contributed by atoms with Gasteiger partial charge in [-0.2, -0.15) is 0 Å². The fourth-order valence-electron chi connectivity index (χ4n) is 2.46. The van der Waals surface area contributed by atoms with Crippen molar-refractivity contribution in [2.75, 3.05) is 10.6 Å². The first-order chi connectivity index (χ1) is 13.1. The number of hydrogen-bond acceptors (Lipinski definition) is 8. The molecule has 2 N–H and O–H groups in total. The summed E-state index contributed by atoms with van der Waals surface area (Å²) in [4.78, 5) is 23.6. The Labute approximate surface area is 162 Å². The SMILES string of the molecule is O=[N+]([O-])c1c(Nc2cccc(Cl)c2)ncnc1Nc1nc2ccccc2s1. The Bertz CT molecular complexity index is 1120. The van der Waals surface area contributed by atoms with E-state index in [-0.39, 0.29) is 17.3 Å². The van der Waals surface area contributed by atoms with Gasteiger partial charge in [-0.05, 0) is 30.3 Å². The maximum atomic E-state index is 11.7. The summed E-state index contributed by atoms with van der Waals surface area (Å²) in [5, 5.41) is 18.5. The Balaban J connectivity index is 1.71. The molecule has 4 rings (SSSR count). The first-order valence-electron chi connectivity index (χ1n) is 7.75. The Morgan fingerprint density at radius 2 is 1.81 bits per heavy atom. The van der Waals surface area contributed by atoms with Crippen LogP contribution in [0.5, 0.6) is 0 Å². The van der Waals surface area contributed by atoms with Gasteiger partial charge in [0, 0.05) is 10.7 Å². The zero-order valence-corrected chi connectivity index (χ0v) is 15.2. The van der Waals surface area contributed by atoms with E-state index < -0.39 is 4.92 Å². The summed E-state index contributed by atoms with van der Waals surface area (Å²) in [7, 11) is 0. The van der Waals surface area contributed by atoms with Crippen LogP contribution in [-0.2, 0) is 0 Å². The number of hydrogen-bond donors (Lipinski definition) is 2. The molecule has 10 heteroatoms. The number of anilines is 4. The largest absolute Gasteiger partial charge is 0.353 e. The minimum Gasteiger partial charge on any atom is -0.334 e. The highest BCUT2D eigenvalue weighted by Gasteiger charge is 2.24. The molecule has 2 aromatic heterocycles. The van der Waals surface area contributed by atoms with E-state index in [1.165, 1.54) is 17.7 Å². The normalized spacial score (nSPS) is 10.7. The minimum atomic E-state index is -0.539. The summed E-state index contributed by atoms with van der Waals surface area (Å²) < 4.78 is 0.967. The number of benzene rings is 2. The Morgan fingerprint density at radius 3 is 2.56 bits per heavy atom. The molecule has 0 fully saturated rings. The molecule has 0 bridgehead atoms. The Morgan fingerprint density at radius 1 is 1.04 bits per heavy atom. The van der Waals surface area contributed by atoms with Crippen LogP contribution in [0.25, 0.3) is 10.2 Å². The summed E-state index contributed by atoms with van der Waals surface area (Å²) in [6.07, 6.45) is 1.25. The van der Waals surface area contributed by atoms with Crippen LogP contribution in [0.15, 0.2) is 54.9 Å². The first kappa shape index (κ1) is 17.1. The van der Waals surface area contributed by atoms with Gasteiger partial charge in [0.15, 0.2) is 5.13 Å². The molecule has 0 unspecified atom stereocenters. The van der Waals surface area contributed by atoms with Crippen LogP contribution in [0.1, 0.15) is 0 Å². The molecule has 0 radical (unpaired) electrons. The van der Waals surface area contributed by atoms with Crippen LogP contribution in [-0.4, -0.2) is 19.9 Å². The van der Waals surface area contributed by atoms with Crippen LogP contribution in [0.3, 0.4) is 0 Å². The van der Waals surface area contributed by atoms with Gasteiger partial charge in [0.05, 0.1) is 15.1 Å². The maximum absolute atomic E-state index is 11.7. The summed E-state index contributed by atoms with van der Waals surface area (Å²) in [6.45, 7) is 0. The van der Waals surface area contributed by atoms with Gasteiger partial charge in [0.25, 0.3) is 0 Å². The van der Waals surface area contributed by atoms with Crippen LogP contribution in [0.4, 0.5) is 28.1 Å². The quantitative estimate of drug-likeness (QED) is 0.354. The predicted molar refractivity (Wildman–Crippen MR) is 106 cm³/mol. The Hall–Kier alpha value is -3.30. The van der Waals surface area contributed by atoms with E-state index in [9.17, 15) is 10.1 Å². The molecule has 8 nitrogen and oxygen atoms in total. The summed E-state index contributed by atoms with van der Waals surface area (Å²) in [6, 6.07) is 14.4. The lowest BCUT2D eigenvalue weighted by atomic mass is 10.3. The third-order valence-electron chi connectivity index (χ3n) is 3.61. The maximum Gasteiger partial charge on any atom is 0.353 e. The highest BCUT2D eigenvalue weighted by molar-refractivity contribution is 7.22. The summed E-state index contributed by atoms with van der Waals surface area (Å²) >= 11 is 7.35. The molecular weight excluding hydrogens is 388 g/mol. The molecule has 2 aromatic carbocycles. The van der Waals surface area contributed by atoms with Crippen LogP contribution in [0, 0.1) is 10.1 Å². The molecule has 4 aromatic rings. The smallest absolute Gasteiger partial charge is 0.334 e. The molecule has 134 valence electrons. The van der Waals surface area contributed by atoms with E-state index in [4.69, 9.17) is 11.6 Å². The van der Waals surface area contributed by atoms with Crippen molar-refractivity contribution < 1.29 is 4.92 Å². The number of para-hydroxylation sites is 1. The zero-order chi connectivity index (χ0) is 18.8. The topological polar surface area (TPSA) is 106 Å². The van der Waals surface area contributed by atoms with E-state index in [0.29, 0.717) is 15.8 Å². The molecule has 0 saturated carbocycles. The van der Waals surface area contributed by atoms with Gasteiger partial charge in [0.1, 0.15) is 6.33 Å². The summed E-state index contributed by atoms with van der Waals surface area (Å²) in [5.74, 6) is 0.111. The third kappa shape index (κ3) is 3.64. The highest BCUT2D eigenvalue weighted by Crippen LogP contribution is 2.35. The first-order valence-corrected chi connectivity index (χ1v) is 8.94. The average Bonchev–Trinajstić information content (AvgIpc) is 3.04. The van der Waals surface area contributed by atoms with Gasteiger partial charge < -0.3 is 10.6 Å². The van der Waals surface area contributed by atoms with E-state index in [0.717, 1.165) is 10.2 Å². The van der Waals surface area contributed by atoms with E-state index in [2.05, 4.69) is 25.6 Å².